The Labute approximate surface area is 121 Å². The number of amides is 1. The minimum Gasteiger partial charge on any atom is -0.491 e. The SMILES string of the molecule is CNCC(C)C(=O)NC(C)COc1c(C)cccc1C. The second kappa shape index (κ2) is 7.90. The molecule has 0 aromatic heterocycles. The summed E-state index contributed by atoms with van der Waals surface area (Å²) >= 11 is 0. The number of benzene rings is 1. The average Bonchev–Trinajstić information content (AvgIpc) is 2.38. The van der Waals surface area contributed by atoms with E-state index >= 15 is 0 Å². The maximum Gasteiger partial charge on any atom is 0.224 e. The van der Waals surface area contributed by atoms with Crippen LogP contribution in [0.15, 0.2) is 18.2 Å². The van der Waals surface area contributed by atoms with Crippen molar-refractivity contribution < 1.29 is 9.53 Å². The first-order chi connectivity index (χ1) is 9.45. The molecule has 0 saturated carbocycles. The molecule has 1 aromatic carbocycles. The molecule has 0 aliphatic rings. The summed E-state index contributed by atoms with van der Waals surface area (Å²) in [5, 5.41) is 5.97. The van der Waals surface area contributed by atoms with Gasteiger partial charge in [0.2, 0.25) is 5.91 Å². The molecule has 2 atom stereocenters. The Hall–Kier alpha value is -1.55. The topological polar surface area (TPSA) is 50.4 Å². The van der Waals surface area contributed by atoms with E-state index < -0.39 is 0 Å². The fourth-order valence-corrected chi connectivity index (χ4v) is 2.06. The molecule has 0 bridgehead atoms. The van der Waals surface area contributed by atoms with Gasteiger partial charge < -0.3 is 15.4 Å². The van der Waals surface area contributed by atoms with Crippen LogP contribution in [-0.2, 0) is 4.79 Å². The monoisotopic (exact) mass is 278 g/mol. The van der Waals surface area contributed by atoms with Crippen molar-refractivity contribution in [2.75, 3.05) is 20.2 Å². The maximum absolute atomic E-state index is 11.9. The third kappa shape index (κ3) is 4.85. The zero-order chi connectivity index (χ0) is 15.1. The van der Waals surface area contributed by atoms with Gasteiger partial charge >= 0.3 is 0 Å². The third-order valence-electron chi connectivity index (χ3n) is 3.23. The molecular formula is C16H26N2O2. The molecule has 2 N–H and O–H groups in total. The van der Waals surface area contributed by atoms with Gasteiger partial charge in [0.1, 0.15) is 12.4 Å². The summed E-state index contributed by atoms with van der Waals surface area (Å²) in [4.78, 5) is 11.9. The summed E-state index contributed by atoms with van der Waals surface area (Å²) < 4.78 is 5.84. The third-order valence-corrected chi connectivity index (χ3v) is 3.23. The van der Waals surface area contributed by atoms with Gasteiger partial charge in [0.15, 0.2) is 0 Å². The summed E-state index contributed by atoms with van der Waals surface area (Å²) in [5.41, 5.74) is 2.24. The summed E-state index contributed by atoms with van der Waals surface area (Å²) in [6, 6.07) is 6.06. The molecule has 0 aliphatic carbocycles. The molecule has 0 heterocycles. The van der Waals surface area contributed by atoms with Crippen molar-refractivity contribution in [3.05, 3.63) is 29.3 Å². The highest BCUT2D eigenvalue weighted by Gasteiger charge is 2.15. The summed E-state index contributed by atoms with van der Waals surface area (Å²) in [6.45, 7) is 9.07. The standard InChI is InChI=1S/C16H26N2O2/c1-11-7-6-8-12(2)15(11)20-10-14(4)18-16(19)13(3)9-17-5/h6-8,13-14,17H,9-10H2,1-5H3,(H,18,19). The summed E-state index contributed by atoms with van der Waals surface area (Å²) in [5.74, 6) is 0.927. The van der Waals surface area contributed by atoms with E-state index in [4.69, 9.17) is 4.74 Å². The van der Waals surface area contributed by atoms with Crippen LogP contribution in [-0.4, -0.2) is 32.1 Å². The van der Waals surface area contributed by atoms with Crippen molar-refractivity contribution in [1.82, 2.24) is 10.6 Å². The summed E-state index contributed by atoms with van der Waals surface area (Å²) in [6.07, 6.45) is 0. The number of carbonyl (C=O) groups is 1. The second-order valence-corrected chi connectivity index (χ2v) is 5.40. The Bertz CT molecular complexity index is 426. The molecule has 0 aliphatic heterocycles. The number of carbonyl (C=O) groups excluding carboxylic acids is 1. The van der Waals surface area contributed by atoms with E-state index in [2.05, 4.69) is 10.6 Å². The highest BCUT2D eigenvalue weighted by Crippen LogP contribution is 2.22. The quantitative estimate of drug-likeness (QED) is 0.802. The van der Waals surface area contributed by atoms with Crippen molar-refractivity contribution >= 4 is 5.91 Å². The smallest absolute Gasteiger partial charge is 0.224 e. The zero-order valence-corrected chi connectivity index (χ0v) is 13.1. The minimum atomic E-state index is -0.0392. The van der Waals surface area contributed by atoms with Gasteiger partial charge in [0.05, 0.1) is 6.04 Å². The van der Waals surface area contributed by atoms with Crippen molar-refractivity contribution in [3.63, 3.8) is 0 Å². The van der Waals surface area contributed by atoms with Crippen LogP contribution in [0.1, 0.15) is 25.0 Å². The normalized spacial score (nSPS) is 13.7. The van der Waals surface area contributed by atoms with Crippen LogP contribution in [0.4, 0.5) is 0 Å². The van der Waals surface area contributed by atoms with Gasteiger partial charge in [0.25, 0.3) is 0 Å². The van der Waals surface area contributed by atoms with Gasteiger partial charge in [-0.05, 0) is 38.9 Å². The number of para-hydroxylation sites is 1. The number of ether oxygens (including phenoxy) is 1. The van der Waals surface area contributed by atoms with E-state index in [0.717, 1.165) is 16.9 Å². The highest BCUT2D eigenvalue weighted by atomic mass is 16.5. The number of rotatable bonds is 7. The van der Waals surface area contributed by atoms with E-state index in [0.29, 0.717) is 13.2 Å². The predicted molar refractivity (Wildman–Crippen MR) is 82.1 cm³/mol. The fourth-order valence-electron chi connectivity index (χ4n) is 2.06. The van der Waals surface area contributed by atoms with Gasteiger partial charge in [-0.25, -0.2) is 0 Å². The largest absolute Gasteiger partial charge is 0.491 e. The number of hydrogen-bond donors (Lipinski definition) is 2. The van der Waals surface area contributed by atoms with E-state index in [1.54, 1.807) is 0 Å². The molecule has 112 valence electrons. The first-order valence-electron chi connectivity index (χ1n) is 7.09. The molecule has 1 amide bonds. The van der Waals surface area contributed by atoms with E-state index in [1.807, 2.05) is 52.9 Å². The van der Waals surface area contributed by atoms with Crippen molar-refractivity contribution in [2.24, 2.45) is 5.92 Å². The minimum absolute atomic E-state index is 0.0131. The first-order valence-corrected chi connectivity index (χ1v) is 7.09. The van der Waals surface area contributed by atoms with E-state index in [9.17, 15) is 4.79 Å². The van der Waals surface area contributed by atoms with Crippen LogP contribution in [0.3, 0.4) is 0 Å². The Kier molecular flexibility index (Phi) is 6.52. The van der Waals surface area contributed by atoms with Crippen LogP contribution >= 0.6 is 0 Å². The van der Waals surface area contributed by atoms with Gasteiger partial charge in [-0.3, -0.25) is 4.79 Å². The Morgan fingerprint density at radius 2 is 1.85 bits per heavy atom. The molecule has 0 spiro atoms. The summed E-state index contributed by atoms with van der Waals surface area (Å²) in [7, 11) is 1.84. The zero-order valence-electron chi connectivity index (χ0n) is 13.1. The molecule has 20 heavy (non-hydrogen) atoms. The average molecular weight is 278 g/mol. The lowest BCUT2D eigenvalue weighted by atomic mass is 10.1. The number of aryl methyl sites for hydroxylation is 2. The first kappa shape index (κ1) is 16.5. The van der Waals surface area contributed by atoms with E-state index in [-0.39, 0.29) is 17.9 Å². The van der Waals surface area contributed by atoms with Gasteiger partial charge in [-0.2, -0.15) is 0 Å². The van der Waals surface area contributed by atoms with Crippen LogP contribution in [0.5, 0.6) is 5.75 Å². The molecule has 2 unspecified atom stereocenters. The van der Waals surface area contributed by atoms with Crippen LogP contribution in [0.2, 0.25) is 0 Å². The molecular weight excluding hydrogens is 252 g/mol. The molecule has 4 heteroatoms. The predicted octanol–water partition coefficient (Wildman–Crippen LogP) is 2.04. The Balaban J connectivity index is 2.47. The molecule has 0 fully saturated rings. The van der Waals surface area contributed by atoms with Crippen LogP contribution in [0.25, 0.3) is 0 Å². The lowest BCUT2D eigenvalue weighted by Gasteiger charge is -2.19. The molecule has 0 saturated heterocycles. The van der Waals surface area contributed by atoms with Crippen molar-refractivity contribution in [2.45, 2.75) is 33.7 Å². The highest BCUT2D eigenvalue weighted by molar-refractivity contribution is 5.78. The van der Waals surface area contributed by atoms with Crippen molar-refractivity contribution in [3.8, 4) is 5.75 Å². The molecule has 1 aromatic rings. The Morgan fingerprint density at radius 1 is 1.25 bits per heavy atom. The maximum atomic E-state index is 11.9. The number of hydrogen-bond acceptors (Lipinski definition) is 3. The second-order valence-electron chi connectivity index (χ2n) is 5.40. The van der Waals surface area contributed by atoms with Crippen LogP contribution < -0.4 is 15.4 Å². The van der Waals surface area contributed by atoms with Gasteiger partial charge in [0, 0.05) is 12.5 Å². The number of nitrogens with one attached hydrogen (secondary N) is 2. The molecule has 0 radical (unpaired) electrons. The molecule has 1 rings (SSSR count). The fraction of sp³-hybridized carbons (Fsp3) is 0.562. The van der Waals surface area contributed by atoms with E-state index in [1.165, 1.54) is 0 Å². The lowest BCUT2D eigenvalue weighted by molar-refractivity contribution is -0.125. The molecule has 4 nitrogen and oxygen atoms in total. The van der Waals surface area contributed by atoms with Crippen LogP contribution in [0, 0.1) is 19.8 Å². The Morgan fingerprint density at radius 3 is 2.40 bits per heavy atom. The van der Waals surface area contributed by atoms with Gasteiger partial charge in [-0.1, -0.05) is 25.1 Å². The lowest BCUT2D eigenvalue weighted by Crippen LogP contribution is -2.42. The van der Waals surface area contributed by atoms with Crippen molar-refractivity contribution in [1.29, 1.82) is 0 Å². The van der Waals surface area contributed by atoms with Gasteiger partial charge in [-0.15, -0.1) is 0 Å².